The summed E-state index contributed by atoms with van der Waals surface area (Å²) in [5.41, 5.74) is 3.55. The molecule has 7 nitrogen and oxygen atoms in total. The molecule has 1 aliphatic rings. The molecule has 1 N–H and O–H groups in total. The summed E-state index contributed by atoms with van der Waals surface area (Å²) >= 11 is 1.64. The number of rotatable bonds is 6. The van der Waals surface area contributed by atoms with E-state index < -0.39 is 0 Å². The number of ether oxygens (including phenoxy) is 2. The van der Waals surface area contributed by atoms with Crippen LogP contribution in [0.25, 0.3) is 0 Å². The molecule has 0 saturated carbocycles. The van der Waals surface area contributed by atoms with E-state index in [2.05, 4.69) is 39.6 Å². The number of hydrogen-bond donors (Lipinski definition) is 1. The minimum atomic E-state index is 0. The monoisotopic (exact) mass is 531 g/mol. The van der Waals surface area contributed by atoms with E-state index in [1.54, 1.807) is 25.6 Å². The summed E-state index contributed by atoms with van der Waals surface area (Å²) in [7, 11) is 7.36. The van der Waals surface area contributed by atoms with Gasteiger partial charge in [-0.2, -0.15) is 0 Å². The number of halogens is 1. The van der Waals surface area contributed by atoms with E-state index in [1.165, 1.54) is 11.1 Å². The smallest absolute Gasteiger partial charge is 0.194 e. The van der Waals surface area contributed by atoms with Crippen molar-refractivity contribution in [2.45, 2.75) is 26.4 Å². The van der Waals surface area contributed by atoms with Gasteiger partial charge in [0.2, 0.25) is 0 Å². The number of methoxy groups -OCH3 is 2. The molecule has 0 aliphatic carbocycles. The van der Waals surface area contributed by atoms with E-state index in [4.69, 9.17) is 14.5 Å². The Kier molecular flexibility index (Phi) is 8.81. The molecule has 9 heteroatoms. The summed E-state index contributed by atoms with van der Waals surface area (Å²) < 4.78 is 10.9. The van der Waals surface area contributed by atoms with Crippen LogP contribution >= 0.6 is 35.3 Å². The fraction of sp³-hybridized carbons (Fsp3) is 0.500. The number of aliphatic imine (C=N–C) groups is 1. The van der Waals surface area contributed by atoms with Gasteiger partial charge < -0.3 is 24.6 Å². The van der Waals surface area contributed by atoms with E-state index in [0.717, 1.165) is 54.3 Å². The number of benzene rings is 1. The van der Waals surface area contributed by atoms with Crippen LogP contribution in [-0.2, 0) is 19.5 Å². The van der Waals surface area contributed by atoms with E-state index in [1.807, 2.05) is 19.0 Å². The van der Waals surface area contributed by atoms with Gasteiger partial charge in [0, 0.05) is 39.1 Å². The lowest BCUT2D eigenvalue weighted by Gasteiger charge is -2.32. The van der Waals surface area contributed by atoms with Gasteiger partial charge in [-0.05, 0) is 36.6 Å². The molecule has 3 rings (SSSR count). The van der Waals surface area contributed by atoms with Crippen LogP contribution in [0.4, 0.5) is 5.13 Å². The van der Waals surface area contributed by atoms with Crippen LogP contribution in [0.5, 0.6) is 11.5 Å². The fourth-order valence-electron chi connectivity index (χ4n) is 3.22. The molecule has 160 valence electrons. The third kappa shape index (κ3) is 5.65. The first-order valence-electron chi connectivity index (χ1n) is 9.44. The van der Waals surface area contributed by atoms with Crippen LogP contribution in [0.1, 0.15) is 23.7 Å². The topological polar surface area (TPSA) is 62.2 Å². The van der Waals surface area contributed by atoms with Gasteiger partial charge in [-0.15, -0.1) is 35.3 Å². The minimum absolute atomic E-state index is 0. The lowest BCUT2D eigenvalue weighted by Crippen LogP contribution is -2.44. The highest BCUT2D eigenvalue weighted by atomic mass is 127. The Morgan fingerprint density at radius 1 is 1.24 bits per heavy atom. The number of fused-ring (bicyclic) bond motifs is 1. The lowest BCUT2D eigenvalue weighted by atomic mass is 9.99. The Hall–Kier alpha value is -1.75. The standard InChI is InChI=1S/C20H29N5O2S.HI/c1-6-21-19(22-11-16-13-28-20(23-16)24(2)3)25-8-7-14-9-17(26-4)18(27-5)10-15(14)12-25;/h9-10,13H,6-8,11-12H2,1-5H3,(H,21,22);1H. The second kappa shape index (κ2) is 10.9. The zero-order valence-electron chi connectivity index (χ0n) is 17.7. The number of thiazole rings is 1. The molecule has 0 saturated heterocycles. The van der Waals surface area contributed by atoms with Crippen molar-refractivity contribution >= 4 is 46.4 Å². The van der Waals surface area contributed by atoms with Crippen molar-refractivity contribution in [3.8, 4) is 11.5 Å². The molecule has 1 aromatic carbocycles. The summed E-state index contributed by atoms with van der Waals surface area (Å²) in [6.45, 7) is 5.19. The van der Waals surface area contributed by atoms with Crippen LogP contribution in [0.15, 0.2) is 22.5 Å². The van der Waals surface area contributed by atoms with Gasteiger partial charge >= 0.3 is 0 Å². The molecule has 1 aliphatic heterocycles. The van der Waals surface area contributed by atoms with Crippen molar-refractivity contribution in [2.24, 2.45) is 4.99 Å². The summed E-state index contributed by atoms with van der Waals surface area (Å²) in [6, 6.07) is 4.17. The van der Waals surface area contributed by atoms with Gasteiger partial charge in [0.15, 0.2) is 22.6 Å². The zero-order chi connectivity index (χ0) is 20.1. The Labute approximate surface area is 194 Å². The predicted octanol–water partition coefficient (Wildman–Crippen LogP) is 3.37. The average molecular weight is 531 g/mol. The molecule has 2 heterocycles. The van der Waals surface area contributed by atoms with E-state index in [-0.39, 0.29) is 24.0 Å². The van der Waals surface area contributed by atoms with Crippen LogP contribution in [0.3, 0.4) is 0 Å². The van der Waals surface area contributed by atoms with E-state index in [9.17, 15) is 0 Å². The number of nitrogens with one attached hydrogen (secondary N) is 1. The van der Waals surface area contributed by atoms with Gasteiger partial charge in [-0.3, -0.25) is 0 Å². The number of guanidine groups is 1. The summed E-state index contributed by atoms with van der Waals surface area (Å²) in [6.07, 6.45) is 0.946. The van der Waals surface area contributed by atoms with Crippen LogP contribution in [0.2, 0.25) is 0 Å². The molecule has 1 aromatic heterocycles. The summed E-state index contributed by atoms with van der Waals surface area (Å²) in [5, 5.41) is 6.50. The highest BCUT2D eigenvalue weighted by molar-refractivity contribution is 14.0. The highest BCUT2D eigenvalue weighted by Gasteiger charge is 2.21. The van der Waals surface area contributed by atoms with Crippen molar-refractivity contribution in [1.82, 2.24) is 15.2 Å². The molecule has 0 atom stereocenters. The first-order valence-corrected chi connectivity index (χ1v) is 10.3. The van der Waals surface area contributed by atoms with E-state index >= 15 is 0 Å². The molecule has 0 spiro atoms. The number of aromatic nitrogens is 1. The summed E-state index contributed by atoms with van der Waals surface area (Å²) in [5.74, 6) is 2.47. The third-order valence-corrected chi connectivity index (χ3v) is 5.72. The van der Waals surface area contributed by atoms with Gasteiger partial charge in [-0.25, -0.2) is 9.98 Å². The van der Waals surface area contributed by atoms with Gasteiger partial charge in [0.25, 0.3) is 0 Å². The minimum Gasteiger partial charge on any atom is -0.493 e. The van der Waals surface area contributed by atoms with Crippen molar-refractivity contribution in [1.29, 1.82) is 0 Å². The fourth-order valence-corrected chi connectivity index (χ4v) is 3.97. The third-order valence-electron chi connectivity index (χ3n) is 4.67. The Morgan fingerprint density at radius 3 is 2.52 bits per heavy atom. The maximum absolute atomic E-state index is 5.47. The van der Waals surface area contributed by atoms with Gasteiger partial charge in [0.1, 0.15) is 0 Å². The molecule has 29 heavy (non-hydrogen) atoms. The molecule has 2 aromatic rings. The highest BCUT2D eigenvalue weighted by Crippen LogP contribution is 2.33. The molecule has 0 bridgehead atoms. The van der Waals surface area contributed by atoms with Crippen molar-refractivity contribution in [2.75, 3.05) is 46.3 Å². The second-order valence-electron chi connectivity index (χ2n) is 6.83. The van der Waals surface area contributed by atoms with Crippen LogP contribution < -0.4 is 19.7 Å². The average Bonchev–Trinajstić information content (AvgIpc) is 3.19. The first kappa shape index (κ1) is 23.5. The molecule has 0 fully saturated rings. The van der Waals surface area contributed by atoms with Gasteiger partial charge in [-0.1, -0.05) is 0 Å². The van der Waals surface area contributed by atoms with Crippen molar-refractivity contribution in [3.63, 3.8) is 0 Å². The van der Waals surface area contributed by atoms with E-state index in [0.29, 0.717) is 6.54 Å². The molecular weight excluding hydrogens is 501 g/mol. The first-order chi connectivity index (χ1) is 13.5. The maximum Gasteiger partial charge on any atom is 0.194 e. The molecular formula is C20H30IN5O2S. The SMILES string of the molecule is CCNC(=NCc1csc(N(C)C)n1)N1CCc2cc(OC)c(OC)cc2C1.I. The van der Waals surface area contributed by atoms with Crippen LogP contribution in [0, 0.1) is 0 Å². The zero-order valence-corrected chi connectivity index (χ0v) is 20.8. The molecule has 0 amide bonds. The Balaban J connectivity index is 0.00000300. The lowest BCUT2D eigenvalue weighted by molar-refractivity contribution is 0.346. The van der Waals surface area contributed by atoms with Gasteiger partial charge in [0.05, 0.1) is 26.5 Å². The second-order valence-corrected chi connectivity index (χ2v) is 7.67. The van der Waals surface area contributed by atoms with Crippen molar-refractivity contribution < 1.29 is 9.47 Å². The Bertz CT molecular complexity index is 840. The van der Waals surface area contributed by atoms with Crippen molar-refractivity contribution in [3.05, 3.63) is 34.3 Å². The predicted molar refractivity (Wildman–Crippen MR) is 130 cm³/mol. The Morgan fingerprint density at radius 2 is 1.93 bits per heavy atom. The maximum atomic E-state index is 5.47. The largest absolute Gasteiger partial charge is 0.493 e. The number of anilines is 1. The van der Waals surface area contributed by atoms with Crippen LogP contribution in [-0.4, -0.2) is 57.2 Å². The quantitative estimate of drug-likeness (QED) is 0.351. The number of hydrogen-bond acceptors (Lipinski definition) is 6. The number of nitrogens with zero attached hydrogens (tertiary/aromatic N) is 4. The normalized spacial score (nSPS) is 13.4. The molecule has 0 unspecified atom stereocenters. The molecule has 0 radical (unpaired) electrons. The summed E-state index contributed by atoms with van der Waals surface area (Å²) in [4.78, 5) is 13.8.